The molecule has 0 aliphatic rings. The first kappa shape index (κ1) is 18.8. The van der Waals surface area contributed by atoms with Crippen LogP contribution < -0.4 is 4.74 Å². The molecule has 3 aromatic carbocycles. The second kappa shape index (κ2) is 7.84. The quantitative estimate of drug-likeness (QED) is 0.450. The Balaban J connectivity index is 1.82. The molecule has 146 valence electrons. The van der Waals surface area contributed by atoms with Gasteiger partial charge < -0.3 is 14.8 Å². The van der Waals surface area contributed by atoms with Gasteiger partial charge in [0, 0.05) is 16.5 Å². The summed E-state index contributed by atoms with van der Waals surface area (Å²) in [5, 5.41) is 10.5. The number of hydrogen-bond donors (Lipinski definition) is 2. The van der Waals surface area contributed by atoms with Gasteiger partial charge >= 0.3 is 5.97 Å². The minimum Gasteiger partial charge on any atom is -0.488 e. The third kappa shape index (κ3) is 3.87. The molecule has 29 heavy (non-hydrogen) atoms. The third-order valence-electron chi connectivity index (χ3n) is 5.08. The molecule has 0 atom stereocenters. The van der Waals surface area contributed by atoms with Crippen molar-refractivity contribution in [2.45, 2.75) is 26.9 Å². The number of carboxylic acid groups (broad SMARTS) is 1. The van der Waals surface area contributed by atoms with Crippen molar-refractivity contribution in [2.24, 2.45) is 0 Å². The zero-order valence-corrected chi connectivity index (χ0v) is 16.5. The lowest BCUT2D eigenvalue weighted by atomic mass is 10.00. The van der Waals surface area contributed by atoms with Crippen molar-refractivity contribution >= 4 is 16.9 Å². The monoisotopic (exact) mass is 385 g/mol. The Morgan fingerprint density at radius 1 is 1.00 bits per heavy atom. The number of para-hydroxylation sites is 1. The number of H-pyrrole nitrogens is 1. The molecule has 4 nitrogen and oxygen atoms in total. The van der Waals surface area contributed by atoms with Crippen LogP contribution in [0.4, 0.5) is 0 Å². The SMILES string of the molecule is Cc1cc(C)c2[nH]c(-c3ccccc3OCc3ccccc3)c(CC(=O)O)c2c1. The van der Waals surface area contributed by atoms with Gasteiger partial charge in [-0.25, -0.2) is 0 Å². The van der Waals surface area contributed by atoms with Gasteiger partial charge in [-0.15, -0.1) is 0 Å². The minimum absolute atomic E-state index is 0.0504. The number of aryl methyl sites for hydroxylation is 2. The van der Waals surface area contributed by atoms with Gasteiger partial charge in [-0.3, -0.25) is 4.79 Å². The standard InChI is InChI=1S/C25H23NO3/c1-16-12-17(2)24-20(13-16)21(14-23(27)28)25(26-24)19-10-6-7-11-22(19)29-15-18-8-4-3-5-9-18/h3-13,26H,14-15H2,1-2H3,(H,27,28). The lowest BCUT2D eigenvalue weighted by Gasteiger charge is -2.12. The number of benzene rings is 3. The van der Waals surface area contributed by atoms with Gasteiger partial charge in [-0.05, 0) is 48.7 Å². The van der Waals surface area contributed by atoms with Gasteiger partial charge in [0.05, 0.1) is 12.1 Å². The number of aromatic amines is 1. The Labute approximate surface area is 169 Å². The van der Waals surface area contributed by atoms with Crippen molar-refractivity contribution in [3.63, 3.8) is 0 Å². The van der Waals surface area contributed by atoms with Gasteiger partial charge in [0.15, 0.2) is 0 Å². The van der Waals surface area contributed by atoms with Crippen LogP contribution in [0.5, 0.6) is 5.75 Å². The smallest absolute Gasteiger partial charge is 0.307 e. The maximum Gasteiger partial charge on any atom is 0.307 e. The van der Waals surface area contributed by atoms with E-state index in [1.165, 1.54) is 0 Å². The highest BCUT2D eigenvalue weighted by Crippen LogP contribution is 2.37. The molecule has 4 heteroatoms. The van der Waals surface area contributed by atoms with E-state index in [9.17, 15) is 9.90 Å². The van der Waals surface area contributed by atoms with Crippen molar-refractivity contribution in [1.29, 1.82) is 0 Å². The Bertz CT molecular complexity index is 1180. The van der Waals surface area contributed by atoms with E-state index in [2.05, 4.69) is 11.1 Å². The van der Waals surface area contributed by atoms with Crippen LogP contribution in [0.2, 0.25) is 0 Å². The molecule has 1 aromatic heterocycles. The molecule has 0 aliphatic carbocycles. The third-order valence-corrected chi connectivity index (χ3v) is 5.08. The first-order valence-corrected chi connectivity index (χ1v) is 9.62. The van der Waals surface area contributed by atoms with Gasteiger partial charge in [-0.2, -0.15) is 0 Å². The van der Waals surface area contributed by atoms with E-state index in [1.54, 1.807) is 0 Å². The number of carboxylic acids is 1. The normalized spacial score (nSPS) is 11.0. The number of aromatic nitrogens is 1. The molecule has 0 saturated carbocycles. The molecular formula is C25H23NO3. The van der Waals surface area contributed by atoms with E-state index < -0.39 is 5.97 Å². The van der Waals surface area contributed by atoms with Crippen LogP contribution in [0, 0.1) is 13.8 Å². The highest BCUT2D eigenvalue weighted by atomic mass is 16.5. The summed E-state index contributed by atoms with van der Waals surface area (Å²) in [5.74, 6) is -0.127. The van der Waals surface area contributed by atoms with Crippen molar-refractivity contribution in [3.05, 3.63) is 89.0 Å². The lowest BCUT2D eigenvalue weighted by Crippen LogP contribution is -2.02. The zero-order valence-electron chi connectivity index (χ0n) is 16.5. The molecule has 4 aromatic rings. The van der Waals surface area contributed by atoms with E-state index in [-0.39, 0.29) is 6.42 Å². The van der Waals surface area contributed by atoms with Gasteiger partial charge in [-0.1, -0.05) is 54.1 Å². The van der Waals surface area contributed by atoms with E-state index in [1.807, 2.05) is 74.5 Å². The average molecular weight is 385 g/mol. The molecule has 0 bridgehead atoms. The van der Waals surface area contributed by atoms with Crippen molar-refractivity contribution in [1.82, 2.24) is 4.98 Å². The molecule has 0 radical (unpaired) electrons. The fourth-order valence-corrected chi connectivity index (χ4v) is 3.81. The molecule has 0 saturated heterocycles. The molecule has 0 spiro atoms. The number of ether oxygens (including phenoxy) is 1. The number of aliphatic carboxylic acids is 1. The summed E-state index contributed by atoms with van der Waals surface area (Å²) in [5.41, 5.74) is 6.72. The second-order valence-corrected chi connectivity index (χ2v) is 7.32. The van der Waals surface area contributed by atoms with Crippen LogP contribution in [0.25, 0.3) is 22.2 Å². The van der Waals surface area contributed by atoms with Gasteiger partial charge in [0.25, 0.3) is 0 Å². The lowest BCUT2D eigenvalue weighted by molar-refractivity contribution is -0.136. The highest BCUT2D eigenvalue weighted by molar-refractivity contribution is 5.96. The Morgan fingerprint density at radius 2 is 1.72 bits per heavy atom. The summed E-state index contributed by atoms with van der Waals surface area (Å²) in [6.07, 6.45) is -0.0504. The molecule has 0 aliphatic heterocycles. The molecule has 0 fully saturated rings. The largest absolute Gasteiger partial charge is 0.488 e. The Kier molecular flexibility index (Phi) is 5.09. The number of nitrogens with one attached hydrogen (secondary N) is 1. The van der Waals surface area contributed by atoms with Gasteiger partial charge in [0.2, 0.25) is 0 Å². The van der Waals surface area contributed by atoms with E-state index in [0.717, 1.165) is 50.2 Å². The van der Waals surface area contributed by atoms with Gasteiger partial charge in [0.1, 0.15) is 12.4 Å². The molecule has 0 unspecified atom stereocenters. The van der Waals surface area contributed by atoms with Crippen molar-refractivity contribution in [2.75, 3.05) is 0 Å². The second-order valence-electron chi connectivity index (χ2n) is 7.32. The van der Waals surface area contributed by atoms with Crippen LogP contribution in [-0.2, 0) is 17.8 Å². The molecule has 1 heterocycles. The predicted octanol–water partition coefficient (Wildman–Crippen LogP) is 5.66. The first-order valence-electron chi connectivity index (χ1n) is 9.62. The summed E-state index contributed by atoms with van der Waals surface area (Å²) in [4.78, 5) is 15.1. The van der Waals surface area contributed by atoms with Crippen molar-refractivity contribution < 1.29 is 14.6 Å². The van der Waals surface area contributed by atoms with Crippen LogP contribution >= 0.6 is 0 Å². The van der Waals surface area contributed by atoms with Crippen molar-refractivity contribution in [3.8, 4) is 17.0 Å². The van der Waals surface area contributed by atoms with Crippen LogP contribution in [0.15, 0.2) is 66.7 Å². The van der Waals surface area contributed by atoms with E-state index in [0.29, 0.717) is 6.61 Å². The summed E-state index contributed by atoms with van der Waals surface area (Å²) in [6.45, 7) is 4.52. The summed E-state index contributed by atoms with van der Waals surface area (Å²) in [7, 11) is 0. The maximum atomic E-state index is 11.6. The zero-order chi connectivity index (χ0) is 20.4. The Hall–Kier alpha value is -3.53. The molecule has 0 amide bonds. The summed E-state index contributed by atoms with van der Waals surface area (Å²) >= 11 is 0. The fraction of sp³-hybridized carbons (Fsp3) is 0.160. The topological polar surface area (TPSA) is 62.3 Å². The van der Waals surface area contributed by atoms with Crippen LogP contribution in [0.1, 0.15) is 22.3 Å². The first-order chi connectivity index (χ1) is 14.0. The summed E-state index contributed by atoms with van der Waals surface area (Å²) in [6, 6.07) is 21.9. The summed E-state index contributed by atoms with van der Waals surface area (Å²) < 4.78 is 6.12. The van der Waals surface area contributed by atoms with E-state index in [4.69, 9.17) is 4.74 Å². The van der Waals surface area contributed by atoms with E-state index >= 15 is 0 Å². The average Bonchev–Trinajstić information content (AvgIpc) is 3.05. The molecule has 4 rings (SSSR count). The fourth-order valence-electron chi connectivity index (χ4n) is 3.81. The number of carbonyl (C=O) groups is 1. The number of hydrogen-bond acceptors (Lipinski definition) is 2. The highest BCUT2D eigenvalue weighted by Gasteiger charge is 2.19. The molecule has 2 N–H and O–H groups in total. The number of fused-ring (bicyclic) bond motifs is 1. The predicted molar refractivity (Wildman–Crippen MR) is 115 cm³/mol. The van der Waals surface area contributed by atoms with Crippen LogP contribution in [0.3, 0.4) is 0 Å². The minimum atomic E-state index is -0.853. The maximum absolute atomic E-state index is 11.6. The molecular weight excluding hydrogens is 362 g/mol. The number of rotatable bonds is 6. The Morgan fingerprint density at radius 3 is 2.48 bits per heavy atom. The van der Waals surface area contributed by atoms with Crippen LogP contribution in [-0.4, -0.2) is 16.1 Å².